The number of likely N-dealkylation sites (tertiary alicyclic amines) is 1. The summed E-state index contributed by atoms with van der Waals surface area (Å²) in [6.45, 7) is 5.87. The molecule has 1 N–H and O–H groups in total. The number of fused-ring (bicyclic) bond motifs is 3. The van der Waals surface area contributed by atoms with Gasteiger partial charge in [0.2, 0.25) is 0 Å². The van der Waals surface area contributed by atoms with Gasteiger partial charge in [-0.05, 0) is 68.9 Å². The van der Waals surface area contributed by atoms with Crippen LogP contribution in [0.25, 0.3) is 10.9 Å². The average Bonchev–Trinajstić information content (AvgIpc) is 2.79. The number of thioether (sulfide) groups is 1. The topological polar surface area (TPSA) is 59.6 Å². The van der Waals surface area contributed by atoms with Gasteiger partial charge in [0.25, 0.3) is 11.5 Å². The molecular weight excluding hydrogens is 396 g/mol. The zero-order valence-electron chi connectivity index (χ0n) is 17.7. The number of rotatable bonds is 2. The van der Waals surface area contributed by atoms with Gasteiger partial charge in [-0.15, -0.1) is 0 Å². The number of nitrogens with zero attached hydrogens (tertiary/aromatic N) is 3. The summed E-state index contributed by atoms with van der Waals surface area (Å²) in [5, 5.41) is 1.04. The average molecular weight is 427 g/mol. The van der Waals surface area contributed by atoms with Crippen LogP contribution in [0, 0.1) is 0 Å². The van der Waals surface area contributed by atoms with E-state index in [0.29, 0.717) is 6.04 Å². The number of hydrogen-bond donors (Lipinski definition) is 1. The number of H-pyrrole nitrogens is 1. The molecule has 2 fully saturated rings. The van der Waals surface area contributed by atoms with E-state index in [1.54, 1.807) is 11.8 Å². The molecule has 0 unspecified atom stereocenters. The Labute approximate surface area is 181 Å². The van der Waals surface area contributed by atoms with Crippen molar-refractivity contribution in [3.8, 4) is 0 Å². The Morgan fingerprint density at radius 2 is 1.83 bits per heavy atom. The van der Waals surface area contributed by atoms with E-state index in [1.165, 1.54) is 25.9 Å². The van der Waals surface area contributed by atoms with Crippen molar-refractivity contribution in [1.82, 2.24) is 19.7 Å². The lowest BCUT2D eigenvalue weighted by Gasteiger charge is -2.42. The molecule has 3 aliphatic heterocycles. The van der Waals surface area contributed by atoms with Crippen molar-refractivity contribution >= 4 is 28.6 Å². The largest absolute Gasteiger partial charge is 0.336 e. The van der Waals surface area contributed by atoms with E-state index in [9.17, 15) is 9.59 Å². The lowest BCUT2D eigenvalue weighted by atomic mass is 9.99. The van der Waals surface area contributed by atoms with Crippen molar-refractivity contribution < 1.29 is 4.79 Å². The Bertz CT molecular complexity index is 1000. The van der Waals surface area contributed by atoms with Gasteiger partial charge in [0.1, 0.15) is 0 Å². The molecule has 160 valence electrons. The van der Waals surface area contributed by atoms with Crippen LogP contribution in [0.5, 0.6) is 0 Å². The van der Waals surface area contributed by atoms with Gasteiger partial charge in [0, 0.05) is 60.0 Å². The van der Waals surface area contributed by atoms with Crippen molar-refractivity contribution in [1.29, 1.82) is 0 Å². The molecule has 1 aromatic carbocycles. The number of aromatic amines is 1. The molecule has 0 saturated carbocycles. The van der Waals surface area contributed by atoms with E-state index in [4.69, 9.17) is 0 Å². The summed E-state index contributed by atoms with van der Waals surface area (Å²) in [6, 6.07) is 6.45. The molecule has 1 aromatic heterocycles. The number of carbonyl (C=O) groups is 1. The van der Waals surface area contributed by atoms with Gasteiger partial charge in [0.15, 0.2) is 0 Å². The summed E-state index contributed by atoms with van der Waals surface area (Å²) in [5.41, 5.74) is 3.62. The van der Waals surface area contributed by atoms with Crippen LogP contribution in [0.15, 0.2) is 23.0 Å². The lowest BCUT2D eigenvalue weighted by molar-refractivity contribution is 0.0475. The molecule has 30 heavy (non-hydrogen) atoms. The summed E-state index contributed by atoms with van der Waals surface area (Å²) < 4.78 is 0. The third-order valence-electron chi connectivity index (χ3n) is 7.03. The van der Waals surface area contributed by atoms with E-state index in [0.717, 1.165) is 71.7 Å². The highest BCUT2D eigenvalue weighted by molar-refractivity contribution is 7.98. The molecule has 7 heteroatoms. The first-order valence-electron chi connectivity index (χ1n) is 11.1. The number of nitrogens with one attached hydrogen (secondary N) is 1. The number of piperazine rings is 1. The maximum absolute atomic E-state index is 13.2. The van der Waals surface area contributed by atoms with Gasteiger partial charge < -0.3 is 14.8 Å². The van der Waals surface area contributed by atoms with Crippen LogP contribution in [0.3, 0.4) is 0 Å². The maximum atomic E-state index is 13.2. The number of pyridine rings is 1. The second-order valence-electron chi connectivity index (χ2n) is 8.84. The molecule has 1 amide bonds. The molecule has 0 aliphatic carbocycles. The van der Waals surface area contributed by atoms with Gasteiger partial charge >= 0.3 is 0 Å². The first-order valence-corrected chi connectivity index (χ1v) is 12.2. The second kappa shape index (κ2) is 8.36. The van der Waals surface area contributed by atoms with Gasteiger partial charge in [-0.25, -0.2) is 0 Å². The third-order valence-corrected chi connectivity index (χ3v) is 8.01. The molecule has 0 bridgehead atoms. The third kappa shape index (κ3) is 3.79. The van der Waals surface area contributed by atoms with E-state index in [-0.39, 0.29) is 11.5 Å². The van der Waals surface area contributed by atoms with Crippen LogP contribution in [0.2, 0.25) is 0 Å². The fourth-order valence-electron chi connectivity index (χ4n) is 5.15. The van der Waals surface area contributed by atoms with Gasteiger partial charge in [-0.3, -0.25) is 14.5 Å². The van der Waals surface area contributed by atoms with Crippen LogP contribution >= 0.6 is 11.8 Å². The summed E-state index contributed by atoms with van der Waals surface area (Å²) in [6.07, 6.45) is 3.36. The van der Waals surface area contributed by atoms with Crippen molar-refractivity contribution in [3.63, 3.8) is 0 Å². The fraction of sp³-hybridized carbons (Fsp3) is 0.565. The SMILES string of the molecule is CN1CCC(N2CCN(C(=O)c3ccc4[nH]c(=O)c5c(c4c3)CCSC5)CC2)CC1. The number of piperidine rings is 1. The summed E-state index contributed by atoms with van der Waals surface area (Å²) in [7, 11) is 2.20. The van der Waals surface area contributed by atoms with E-state index in [1.807, 2.05) is 23.1 Å². The fourth-order valence-corrected chi connectivity index (χ4v) is 6.16. The monoisotopic (exact) mass is 426 g/mol. The maximum Gasteiger partial charge on any atom is 0.253 e. The minimum Gasteiger partial charge on any atom is -0.336 e. The van der Waals surface area contributed by atoms with Crippen molar-refractivity contribution in [2.75, 3.05) is 52.1 Å². The van der Waals surface area contributed by atoms with Gasteiger partial charge in [-0.1, -0.05) is 0 Å². The Morgan fingerprint density at radius 1 is 1.07 bits per heavy atom. The highest BCUT2D eigenvalue weighted by atomic mass is 32.2. The minimum absolute atomic E-state index is 0.0220. The molecule has 5 rings (SSSR count). The van der Waals surface area contributed by atoms with E-state index < -0.39 is 0 Å². The molecule has 2 saturated heterocycles. The standard InChI is InChI=1S/C23H30N4O2S/c1-25-7-4-17(5-8-25)26-9-11-27(12-10-26)23(29)16-2-3-21-19(14-16)18-6-13-30-15-20(18)22(28)24-21/h2-3,14,17H,4-13,15H2,1H3,(H,24,28). The zero-order valence-corrected chi connectivity index (χ0v) is 18.5. The molecule has 0 radical (unpaired) electrons. The van der Waals surface area contributed by atoms with Crippen LogP contribution in [0.4, 0.5) is 0 Å². The highest BCUT2D eigenvalue weighted by Crippen LogP contribution is 2.28. The lowest BCUT2D eigenvalue weighted by Crippen LogP contribution is -2.54. The van der Waals surface area contributed by atoms with Crippen LogP contribution < -0.4 is 5.56 Å². The first kappa shape index (κ1) is 20.1. The predicted molar refractivity (Wildman–Crippen MR) is 122 cm³/mol. The van der Waals surface area contributed by atoms with E-state index >= 15 is 0 Å². The first-order chi connectivity index (χ1) is 14.6. The number of amides is 1. The van der Waals surface area contributed by atoms with Gasteiger partial charge in [0.05, 0.1) is 0 Å². The van der Waals surface area contributed by atoms with Crippen LogP contribution in [-0.4, -0.2) is 83.7 Å². The number of aromatic nitrogens is 1. The van der Waals surface area contributed by atoms with Crippen LogP contribution in [-0.2, 0) is 12.2 Å². The Hall–Kier alpha value is -1.83. The highest BCUT2D eigenvalue weighted by Gasteiger charge is 2.28. The number of aryl methyl sites for hydroxylation is 1. The summed E-state index contributed by atoms with van der Waals surface area (Å²) in [5.74, 6) is 1.91. The van der Waals surface area contributed by atoms with Crippen molar-refractivity contribution in [2.45, 2.75) is 31.1 Å². The number of hydrogen-bond acceptors (Lipinski definition) is 5. The molecular formula is C23H30N4O2S. The summed E-state index contributed by atoms with van der Waals surface area (Å²) in [4.78, 5) is 35.6. The van der Waals surface area contributed by atoms with Crippen molar-refractivity contribution in [3.05, 3.63) is 45.2 Å². The summed E-state index contributed by atoms with van der Waals surface area (Å²) >= 11 is 1.80. The second-order valence-corrected chi connectivity index (χ2v) is 9.94. The van der Waals surface area contributed by atoms with Crippen LogP contribution in [0.1, 0.15) is 34.3 Å². The Morgan fingerprint density at radius 3 is 2.60 bits per heavy atom. The number of carbonyl (C=O) groups excluding carboxylic acids is 1. The molecule has 0 atom stereocenters. The zero-order chi connectivity index (χ0) is 20.7. The quantitative estimate of drug-likeness (QED) is 0.798. The predicted octanol–water partition coefficient (Wildman–Crippen LogP) is 2.17. The smallest absolute Gasteiger partial charge is 0.253 e. The Balaban J connectivity index is 1.32. The molecule has 0 spiro atoms. The number of benzene rings is 1. The normalized spacial score (nSPS) is 21.7. The van der Waals surface area contributed by atoms with E-state index in [2.05, 4.69) is 21.8 Å². The minimum atomic E-state index is 0.0220. The van der Waals surface area contributed by atoms with Gasteiger partial charge in [-0.2, -0.15) is 11.8 Å². The Kier molecular flexibility index (Phi) is 5.60. The van der Waals surface area contributed by atoms with Crippen molar-refractivity contribution in [2.24, 2.45) is 0 Å². The molecule has 6 nitrogen and oxygen atoms in total. The molecule has 3 aliphatic rings. The molecule has 2 aromatic rings. The molecule has 4 heterocycles.